The largest absolute Gasteiger partial charge is 0.301 e. The molecule has 174 valence electrons. The molecule has 1 saturated heterocycles. The summed E-state index contributed by atoms with van der Waals surface area (Å²) >= 11 is 0. The van der Waals surface area contributed by atoms with E-state index in [4.69, 9.17) is 4.98 Å². The van der Waals surface area contributed by atoms with Crippen molar-refractivity contribution >= 4 is 10.9 Å². The number of hydrogen-bond acceptors (Lipinski definition) is 3. The SMILES string of the molecule is Cc1ccccc1-c1nc2ccc(CCC3CC3)cc2c(=O)n1CC1CCCN(C(C)C)C1. The molecule has 5 rings (SSSR count). The molecule has 4 heteroatoms. The van der Waals surface area contributed by atoms with E-state index in [1.165, 1.54) is 37.7 Å². The summed E-state index contributed by atoms with van der Waals surface area (Å²) in [6.07, 6.45) is 7.41. The van der Waals surface area contributed by atoms with Crippen molar-refractivity contribution in [2.24, 2.45) is 11.8 Å². The second kappa shape index (κ2) is 9.42. The molecule has 0 spiro atoms. The lowest BCUT2D eigenvalue weighted by Crippen LogP contribution is -2.42. The van der Waals surface area contributed by atoms with E-state index in [0.29, 0.717) is 12.0 Å². The van der Waals surface area contributed by atoms with E-state index < -0.39 is 0 Å². The van der Waals surface area contributed by atoms with Crippen LogP contribution in [0.2, 0.25) is 0 Å². The van der Waals surface area contributed by atoms with Gasteiger partial charge in [-0.1, -0.05) is 43.2 Å². The van der Waals surface area contributed by atoms with Crippen molar-refractivity contribution in [1.29, 1.82) is 0 Å². The molecule has 0 amide bonds. The van der Waals surface area contributed by atoms with E-state index >= 15 is 0 Å². The minimum Gasteiger partial charge on any atom is -0.301 e. The van der Waals surface area contributed by atoms with Gasteiger partial charge in [0.15, 0.2) is 0 Å². The Hall–Kier alpha value is -2.46. The van der Waals surface area contributed by atoms with Gasteiger partial charge in [0.05, 0.1) is 10.9 Å². The van der Waals surface area contributed by atoms with E-state index in [9.17, 15) is 4.79 Å². The minimum atomic E-state index is 0.119. The maximum Gasteiger partial charge on any atom is 0.261 e. The quantitative estimate of drug-likeness (QED) is 0.461. The molecular weight excluding hydrogens is 406 g/mol. The lowest BCUT2D eigenvalue weighted by atomic mass is 9.96. The highest BCUT2D eigenvalue weighted by molar-refractivity contribution is 5.81. The summed E-state index contributed by atoms with van der Waals surface area (Å²) < 4.78 is 1.99. The molecule has 1 aliphatic heterocycles. The molecule has 2 aromatic carbocycles. The van der Waals surface area contributed by atoms with Crippen LogP contribution in [0.3, 0.4) is 0 Å². The molecule has 1 unspecified atom stereocenters. The van der Waals surface area contributed by atoms with Gasteiger partial charge in [0.1, 0.15) is 5.82 Å². The van der Waals surface area contributed by atoms with Gasteiger partial charge < -0.3 is 4.90 Å². The zero-order chi connectivity index (χ0) is 22.9. The molecule has 2 aliphatic rings. The molecule has 3 aromatic rings. The fourth-order valence-electron chi connectivity index (χ4n) is 5.37. The third-order valence-corrected chi connectivity index (χ3v) is 7.66. The van der Waals surface area contributed by atoms with Gasteiger partial charge in [0.2, 0.25) is 0 Å². The first-order valence-electron chi connectivity index (χ1n) is 12.8. The van der Waals surface area contributed by atoms with Crippen LogP contribution in [0.15, 0.2) is 47.3 Å². The summed E-state index contributed by atoms with van der Waals surface area (Å²) in [5.41, 5.74) is 4.43. The predicted molar refractivity (Wildman–Crippen MR) is 137 cm³/mol. The fraction of sp³-hybridized carbons (Fsp3) is 0.517. The van der Waals surface area contributed by atoms with Gasteiger partial charge in [0, 0.05) is 24.7 Å². The molecule has 0 N–H and O–H groups in total. The number of aryl methyl sites for hydroxylation is 2. The van der Waals surface area contributed by atoms with Crippen molar-refractivity contribution in [2.45, 2.75) is 71.9 Å². The van der Waals surface area contributed by atoms with Gasteiger partial charge in [0.25, 0.3) is 5.56 Å². The molecule has 2 heterocycles. The maximum absolute atomic E-state index is 13.9. The number of hydrogen-bond donors (Lipinski definition) is 0. The average Bonchev–Trinajstić information content (AvgIpc) is 3.65. The first-order chi connectivity index (χ1) is 16.0. The second-order valence-corrected chi connectivity index (χ2v) is 10.6. The zero-order valence-electron chi connectivity index (χ0n) is 20.4. The van der Waals surface area contributed by atoms with Crippen molar-refractivity contribution in [3.8, 4) is 11.4 Å². The van der Waals surface area contributed by atoms with Crippen LogP contribution in [0.1, 0.15) is 57.1 Å². The summed E-state index contributed by atoms with van der Waals surface area (Å²) in [6, 6.07) is 15.2. The molecule has 0 bridgehead atoms. The lowest BCUT2D eigenvalue weighted by Gasteiger charge is -2.36. The van der Waals surface area contributed by atoms with Crippen LogP contribution in [-0.2, 0) is 13.0 Å². The zero-order valence-corrected chi connectivity index (χ0v) is 20.4. The van der Waals surface area contributed by atoms with E-state index in [2.05, 4.69) is 62.1 Å². The Balaban J connectivity index is 1.56. The van der Waals surface area contributed by atoms with Crippen LogP contribution < -0.4 is 5.56 Å². The van der Waals surface area contributed by atoms with E-state index in [1.54, 1.807) is 0 Å². The number of nitrogens with zero attached hydrogens (tertiary/aromatic N) is 3. The molecule has 4 nitrogen and oxygen atoms in total. The Bertz CT molecular complexity index is 1190. The highest BCUT2D eigenvalue weighted by Gasteiger charge is 2.25. The Morgan fingerprint density at radius 1 is 1.06 bits per heavy atom. The molecule has 0 radical (unpaired) electrons. The fourth-order valence-corrected chi connectivity index (χ4v) is 5.37. The number of piperidine rings is 1. The molecule has 1 atom stereocenters. The van der Waals surface area contributed by atoms with Crippen molar-refractivity contribution in [3.05, 3.63) is 63.9 Å². The van der Waals surface area contributed by atoms with Gasteiger partial charge >= 0.3 is 0 Å². The van der Waals surface area contributed by atoms with E-state index in [-0.39, 0.29) is 5.56 Å². The van der Waals surface area contributed by atoms with E-state index in [0.717, 1.165) is 59.8 Å². The van der Waals surface area contributed by atoms with Gasteiger partial charge in [-0.3, -0.25) is 9.36 Å². The summed E-state index contributed by atoms with van der Waals surface area (Å²) in [5, 5.41) is 0.775. The van der Waals surface area contributed by atoms with Gasteiger partial charge in [-0.15, -0.1) is 0 Å². The summed E-state index contributed by atoms with van der Waals surface area (Å²) in [7, 11) is 0. The van der Waals surface area contributed by atoms with Crippen LogP contribution in [-0.4, -0.2) is 33.6 Å². The lowest BCUT2D eigenvalue weighted by molar-refractivity contribution is 0.130. The maximum atomic E-state index is 13.9. The number of likely N-dealkylation sites (tertiary alicyclic amines) is 1. The third-order valence-electron chi connectivity index (χ3n) is 7.66. The van der Waals surface area contributed by atoms with Gasteiger partial charge in [-0.2, -0.15) is 0 Å². The number of rotatable bonds is 7. The smallest absolute Gasteiger partial charge is 0.261 e. The van der Waals surface area contributed by atoms with E-state index in [1.807, 2.05) is 10.6 Å². The van der Waals surface area contributed by atoms with Crippen molar-refractivity contribution < 1.29 is 0 Å². The van der Waals surface area contributed by atoms with Crippen molar-refractivity contribution in [3.63, 3.8) is 0 Å². The third kappa shape index (κ3) is 4.91. The molecule has 33 heavy (non-hydrogen) atoms. The summed E-state index contributed by atoms with van der Waals surface area (Å²) in [6.45, 7) is 9.60. The Kier molecular flexibility index (Phi) is 6.38. The standard InChI is InChI=1S/C29H37N3O/c1-20(2)31-16-6-8-24(18-31)19-32-28(25-9-5-4-7-21(25)3)30-27-15-14-23(13-12-22-10-11-22)17-26(27)29(32)33/h4-5,7,9,14-15,17,20,22,24H,6,8,10-13,16,18-19H2,1-3H3. The first-order valence-corrected chi connectivity index (χ1v) is 12.8. The topological polar surface area (TPSA) is 38.1 Å². The molecule has 1 aromatic heterocycles. The van der Waals surface area contributed by atoms with Crippen molar-refractivity contribution in [2.75, 3.05) is 13.1 Å². The number of benzene rings is 2. The molecule has 2 fully saturated rings. The van der Waals surface area contributed by atoms with Crippen molar-refractivity contribution in [1.82, 2.24) is 14.5 Å². The highest BCUT2D eigenvalue weighted by atomic mass is 16.1. The summed E-state index contributed by atoms with van der Waals surface area (Å²) in [5.74, 6) is 2.19. The molecular formula is C29H37N3O. The minimum absolute atomic E-state index is 0.119. The first kappa shape index (κ1) is 22.3. The van der Waals surface area contributed by atoms with Crippen LogP contribution >= 0.6 is 0 Å². The predicted octanol–water partition coefficient (Wildman–Crippen LogP) is 5.83. The monoisotopic (exact) mass is 443 g/mol. The Morgan fingerprint density at radius 3 is 2.64 bits per heavy atom. The highest BCUT2D eigenvalue weighted by Crippen LogP contribution is 2.34. The van der Waals surface area contributed by atoms with Gasteiger partial charge in [-0.05, 0) is 88.1 Å². The summed E-state index contributed by atoms with van der Waals surface area (Å²) in [4.78, 5) is 21.6. The average molecular weight is 444 g/mol. The van der Waals surface area contributed by atoms with Crippen LogP contribution in [0, 0.1) is 18.8 Å². The van der Waals surface area contributed by atoms with Crippen LogP contribution in [0.5, 0.6) is 0 Å². The van der Waals surface area contributed by atoms with Gasteiger partial charge in [-0.25, -0.2) is 4.98 Å². The van der Waals surface area contributed by atoms with Crippen LogP contribution in [0.4, 0.5) is 0 Å². The Morgan fingerprint density at radius 2 is 1.88 bits per heavy atom. The number of aromatic nitrogens is 2. The molecule has 1 aliphatic carbocycles. The van der Waals surface area contributed by atoms with Crippen LogP contribution in [0.25, 0.3) is 22.3 Å². The Labute approximate surface area is 197 Å². The second-order valence-electron chi connectivity index (χ2n) is 10.6. The normalized spacial score (nSPS) is 19.5. The molecule has 1 saturated carbocycles. The number of fused-ring (bicyclic) bond motifs is 1.